The second kappa shape index (κ2) is 7.22. The largest absolute Gasteiger partial charge is 0.469 e. The Bertz CT molecular complexity index is 248. The van der Waals surface area contributed by atoms with Gasteiger partial charge in [-0.1, -0.05) is 0 Å². The summed E-state index contributed by atoms with van der Waals surface area (Å²) >= 11 is 0. The first-order valence-corrected chi connectivity index (χ1v) is 5.47. The summed E-state index contributed by atoms with van der Waals surface area (Å²) in [6.07, 6.45) is 0. The molecule has 91 valence electrons. The van der Waals surface area contributed by atoms with E-state index >= 15 is 0 Å². The molecule has 4 nitrogen and oxygen atoms in total. The van der Waals surface area contributed by atoms with Crippen LogP contribution in [-0.2, 0) is 18.9 Å². The number of hydrogen-bond donors (Lipinski definition) is 0. The van der Waals surface area contributed by atoms with Gasteiger partial charge < -0.3 is 18.9 Å². The van der Waals surface area contributed by atoms with Crippen LogP contribution >= 0.6 is 0 Å². The van der Waals surface area contributed by atoms with E-state index in [1.807, 2.05) is 27.7 Å². The zero-order valence-corrected chi connectivity index (χ0v) is 11.7. The Morgan fingerprint density at radius 1 is 0.812 bits per heavy atom. The quantitative estimate of drug-likeness (QED) is 0.407. The van der Waals surface area contributed by atoms with Gasteiger partial charge in [0.2, 0.25) is 5.91 Å². The molecule has 0 aliphatic heterocycles. The maximum absolute atomic E-state index is 5.38. The third-order valence-electron chi connectivity index (χ3n) is 1.62. The molecule has 0 spiro atoms. The first kappa shape index (κ1) is 14.9. The van der Waals surface area contributed by atoms with E-state index in [1.54, 1.807) is 14.2 Å². The number of methoxy groups -OCH3 is 2. The van der Waals surface area contributed by atoms with Crippen molar-refractivity contribution in [3.05, 3.63) is 23.0 Å². The van der Waals surface area contributed by atoms with Crippen LogP contribution in [0.4, 0.5) is 0 Å². The highest BCUT2D eigenvalue weighted by Crippen LogP contribution is 2.13. The van der Waals surface area contributed by atoms with Gasteiger partial charge in [0, 0.05) is 11.1 Å². The number of rotatable bonds is 6. The lowest BCUT2D eigenvalue weighted by molar-refractivity contribution is -0.106. The highest BCUT2D eigenvalue weighted by Gasteiger charge is 2.12. The average Bonchev–Trinajstić information content (AvgIpc) is 2.21. The Hall–Kier alpha value is -1.10. The Balaban J connectivity index is 4.44. The summed E-state index contributed by atoms with van der Waals surface area (Å²) in [7, 11) is 6.36. The van der Waals surface area contributed by atoms with E-state index in [1.165, 1.54) is 0 Å². The van der Waals surface area contributed by atoms with Gasteiger partial charge in [0.25, 0.3) is 11.9 Å². The normalized spacial score (nSPS) is 9.50. The first-order valence-electron chi connectivity index (χ1n) is 4.89. The summed E-state index contributed by atoms with van der Waals surface area (Å²) in [5, 5.41) is 0. The molecule has 0 aromatic heterocycles. The molecule has 0 bridgehead atoms. The van der Waals surface area contributed by atoms with Crippen LogP contribution in [0.3, 0.4) is 0 Å². The molecule has 0 N–H and O–H groups in total. The SMILES string of the molecule is COC(OC([Si])OC(OC)=C(C)C)=C(C)C. The van der Waals surface area contributed by atoms with Gasteiger partial charge in [-0.15, -0.1) is 0 Å². The Morgan fingerprint density at radius 3 is 1.31 bits per heavy atom. The molecule has 0 saturated heterocycles. The van der Waals surface area contributed by atoms with E-state index in [0.717, 1.165) is 11.1 Å². The fourth-order valence-electron chi connectivity index (χ4n) is 0.959. The van der Waals surface area contributed by atoms with E-state index in [2.05, 4.69) is 10.2 Å². The molecular weight excluding hydrogens is 224 g/mol. The second-order valence-corrected chi connectivity index (χ2v) is 4.02. The van der Waals surface area contributed by atoms with Crippen LogP contribution < -0.4 is 0 Å². The molecule has 0 saturated carbocycles. The molecule has 0 atom stereocenters. The fourth-order valence-corrected chi connectivity index (χ4v) is 1.17. The smallest absolute Gasteiger partial charge is 0.280 e. The van der Waals surface area contributed by atoms with Crippen molar-refractivity contribution in [3.63, 3.8) is 0 Å². The minimum absolute atomic E-state index is 0.421. The lowest BCUT2D eigenvalue weighted by atomic mass is 10.4. The van der Waals surface area contributed by atoms with Crippen molar-refractivity contribution in [3.8, 4) is 0 Å². The van der Waals surface area contributed by atoms with Gasteiger partial charge in [-0.2, -0.15) is 0 Å². The zero-order chi connectivity index (χ0) is 12.7. The summed E-state index contributed by atoms with van der Waals surface area (Å²) in [4.78, 5) is 0. The van der Waals surface area contributed by atoms with Crippen LogP contribution in [-0.4, -0.2) is 30.4 Å². The topological polar surface area (TPSA) is 36.9 Å². The lowest BCUT2D eigenvalue weighted by Gasteiger charge is -2.20. The summed E-state index contributed by atoms with van der Waals surface area (Å²) in [6, 6.07) is 0. The molecule has 5 heteroatoms. The van der Waals surface area contributed by atoms with Crippen molar-refractivity contribution < 1.29 is 18.9 Å². The van der Waals surface area contributed by atoms with E-state index in [9.17, 15) is 0 Å². The summed E-state index contributed by atoms with van der Waals surface area (Å²) < 4.78 is 20.9. The van der Waals surface area contributed by atoms with E-state index < -0.39 is 5.91 Å². The molecule has 0 aliphatic rings. The predicted octanol–water partition coefficient (Wildman–Crippen LogP) is 2.27. The predicted molar refractivity (Wildman–Crippen MR) is 62.5 cm³/mol. The third kappa shape index (κ3) is 5.11. The molecule has 0 amide bonds. The van der Waals surface area contributed by atoms with E-state index in [4.69, 9.17) is 18.9 Å². The van der Waals surface area contributed by atoms with Gasteiger partial charge in [0.1, 0.15) is 10.2 Å². The zero-order valence-electron chi connectivity index (χ0n) is 10.7. The van der Waals surface area contributed by atoms with Gasteiger partial charge in [0.05, 0.1) is 14.2 Å². The van der Waals surface area contributed by atoms with Gasteiger partial charge in [-0.3, -0.25) is 0 Å². The maximum atomic E-state index is 5.38. The van der Waals surface area contributed by atoms with Gasteiger partial charge in [-0.25, -0.2) is 0 Å². The molecule has 16 heavy (non-hydrogen) atoms. The molecule has 3 radical (unpaired) electrons. The first-order chi connectivity index (χ1) is 7.42. The van der Waals surface area contributed by atoms with Crippen molar-refractivity contribution in [2.75, 3.05) is 14.2 Å². The van der Waals surface area contributed by atoms with Crippen LogP contribution in [0.1, 0.15) is 27.7 Å². The van der Waals surface area contributed by atoms with Crippen LogP contribution in [0.5, 0.6) is 0 Å². The van der Waals surface area contributed by atoms with Crippen molar-refractivity contribution in [1.82, 2.24) is 0 Å². The molecule has 0 heterocycles. The summed E-state index contributed by atoms with van der Waals surface area (Å²) in [6.45, 7) is 7.54. The third-order valence-corrected chi connectivity index (χ3v) is 1.85. The standard InChI is InChI=1S/C11H19O4Si/c1-7(2)9(12-5)14-11(16)15-10(13-6)8(3)4/h11H,1-6H3. The van der Waals surface area contributed by atoms with Gasteiger partial charge in [-0.05, 0) is 27.7 Å². The van der Waals surface area contributed by atoms with E-state index in [0.29, 0.717) is 11.9 Å². The number of hydrogen-bond acceptors (Lipinski definition) is 4. The summed E-state index contributed by atoms with van der Waals surface area (Å²) in [5.74, 6) is 0.183. The summed E-state index contributed by atoms with van der Waals surface area (Å²) in [5.41, 5.74) is 1.84. The minimum atomic E-state index is -0.658. The second-order valence-electron chi connectivity index (χ2n) is 3.55. The highest BCUT2D eigenvalue weighted by molar-refractivity contribution is 6.10. The Morgan fingerprint density at radius 2 is 1.12 bits per heavy atom. The van der Waals surface area contributed by atoms with Crippen molar-refractivity contribution in [2.45, 2.75) is 33.6 Å². The van der Waals surface area contributed by atoms with Gasteiger partial charge >= 0.3 is 0 Å². The van der Waals surface area contributed by atoms with Crippen LogP contribution in [0.15, 0.2) is 23.0 Å². The highest BCUT2D eigenvalue weighted by atomic mass is 28.1. The van der Waals surface area contributed by atoms with E-state index in [-0.39, 0.29) is 0 Å². The maximum Gasteiger partial charge on any atom is 0.280 e. The molecule has 0 aromatic carbocycles. The van der Waals surface area contributed by atoms with Crippen molar-refractivity contribution >= 4 is 10.2 Å². The van der Waals surface area contributed by atoms with Crippen molar-refractivity contribution in [2.24, 2.45) is 0 Å². The molecule has 0 fully saturated rings. The van der Waals surface area contributed by atoms with Gasteiger partial charge in [0.15, 0.2) is 0 Å². The molecule has 0 aliphatic carbocycles. The monoisotopic (exact) mass is 243 g/mol. The van der Waals surface area contributed by atoms with Crippen LogP contribution in [0, 0.1) is 0 Å². The molecular formula is C11H19O4Si. The fraction of sp³-hybridized carbons (Fsp3) is 0.636. The molecule has 0 aromatic rings. The number of ether oxygens (including phenoxy) is 4. The molecule has 0 unspecified atom stereocenters. The minimum Gasteiger partial charge on any atom is -0.469 e. The average molecular weight is 243 g/mol. The lowest BCUT2D eigenvalue weighted by Crippen LogP contribution is -2.19. The Labute approximate surface area is 101 Å². The number of allylic oxidation sites excluding steroid dienone is 2. The molecule has 0 rings (SSSR count). The van der Waals surface area contributed by atoms with Crippen LogP contribution in [0.2, 0.25) is 0 Å². The Kier molecular flexibility index (Phi) is 6.72. The van der Waals surface area contributed by atoms with Crippen molar-refractivity contribution in [1.29, 1.82) is 0 Å². The van der Waals surface area contributed by atoms with Crippen LogP contribution in [0.25, 0.3) is 0 Å².